The topological polar surface area (TPSA) is 0 Å². The second-order valence-corrected chi connectivity index (χ2v) is 13.1. The predicted octanol–water partition coefficient (Wildman–Crippen LogP) is 14.5. The highest BCUT2D eigenvalue weighted by Crippen LogP contribution is 2.17. The molecule has 0 nitrogen and oxygen atoms in total. The van der Waals surface area contributed by atoms with Crippen LogP contribution in [0, 0.1) is 5.92 Å². The van der Waals surface area contributed by atoms with E-state index < -0.39 is 0 Å². The van der Waals surface area contributed by atoms with Crippen LogP contribution in [0.15, 0.2) is 0 Å². The van der Waals surface area contributed by atoms with E-state index >= 15 is 0 Å². The Labute approximate surface area is 238 Å². The maximum absolute atomic E-state index is 2.35. The van der Waals surface area contributed by atoms with Gasteiger partial charge in [-0.2, -0.15) is 0 Å². The summed E-state index contributed by atoms with van der Waals surface area (Å²) in [6, 6.07) is 0. The van der Waals surface area contributed by atoms with Crippen LogP contribution in [-0.4, -0.2) is 0 Å². The quantitative estimate of drug-likeness (QED) is 0.0754. The second kappa shape index (κ2) is 34.0. The zero-order valence-electron chi connectivity index (χ0n) is 26.9. The van der Waals surface area contributed by atoms with Crippen molar-refractivity contribution in [2.24, 2.45) is 5.92 Å². The molecule has 0 heteroatoms. The fourth-order valence-electron chi connectivity index (χ4n) is 5.93. The number of rotatable bonds is 33. The summed E-state index contributed by atoms with van der Waals surface area (Å²) in [5, 5.41) is 0. The highest BCUT2D eigenvalue weighted by atomic mass is 14.0. The molecule has 0 N–H and O–H groups in total. The van der Waals surface area contributed by atoms with Gasteiger partial charge < -0.3 is 0 Å². The average molecular weight is 521 g/mol. The van der Waals surface area contributed by atoms with Crippen molar-refractivity contribution in [2.45, 2.75) is 233 Å². The van der Waals surface area contributed by atoms with Crippen LogP contribution in [0.5, 0.6) is 0 Å². The summed E-state index contributed by atoms with van der Waals surface area (Å²) in [6.45, 7) is 7.01. The van der Waals surface area contributed by atoms with Gasteiger partial charge in [0.05, 0.1) is 0 Å². The fraction of sp³-hybridized carbons (Fsp3) is 1.00. The molecule has 224 valence electrons. The molecule has 0 aliphatic rings. The summed E-state index contributed by atoms with van der Waals surface area (Å²) in [7, 11) is 0. The van der Waals surface area contributed by atoms with Crippen molar-refractivity contribution in [3.63, 3.8) is 0 Å². The molecule has 0 unspecified atom stereocenters. The van der Waals surface area contributed by atoms with Gasteiger partial charge in [-0.15, -0.1) is 0 Å². The van der Waals surface area contributed by atoms with Crippen molar-refractivity contribution in [2.75, 3.05) is 0 Å². The summed E-state index contributed by atoms with van der Waals surface area (Å²) in [5.41, 5.74) is 0. The molecule has 0 fully saturated rings. The predicted molar refractivity (Wildman–Crippen MR) is 173 cm³/mol. The first kappa shape index (κ1) is 37.0. The van der Waals surface area contributed by atoms with E-state index in [0.29, 0.717) is 0 Å². The molecule has 0 radical (unpaired) electrons. The van der Waals surface area contributed by atoms with Gasteiger partial charge in [-0.1, -0.05) is 233 Å². The van der Waals surface area contributed by atoms with Crippen LogP contribution >= 0.6 is 0 Å². The normalized spacial score (nSPS) is 11.7. The monoisotopic (exact) mass is 521 g/mol. The highest BCUT2D eigenvalue weighted by Gasteiger charge is 1.98. The van der Waals surface area contributed by atoms with Crippen LogP contribution in [0.1, 0.15) is 233 Å². The Morgan fingerprint density at radius 2 is 0.405 bits per heavy atom. The Morgan fingerprint density at radius 3 is 0.568 bits per heavy atom. The summed E-state index contributed by atoms with van der Waals surface area (Å²) >= 11 is 0. The Morgan fingerprint density at radius 1 is 0.243 bits per heavy atom. The Balaban J connectivity index is 3.01. The van der Waals surface area contributed by atoms with Gasteiger partial charge >= 0.3 is 0 Å². The number of hydrogen-bond acceptors (Lipinski definition) is 0. The first-order chi connectivity index (χ1) is 18.3. The maximum Gasteiger partial charge on any atom is -0.0471 e. The lowest BCUT2D eigenvalue weighted by Gasteiger charge is -2.05. The van der Waals surface area contributed by atoms with Gasteiger partial charge in [0.2, 0.25) is 0 Å². The van der Waals surface area contributed by atoms with Gasteiger partial charge in [-0.05, 0) is 5.92 Å². The van der Waals surface area contributed by atoms with Crippen molar-refractivity contribution in [1.82, 2.24) is 0 Å². The van der Waals surface area contributed by atoms with Crippen LogP contribution in [0.25, 0.3) is 0 Å². The molecule has 0 aliphatic carbocycles. The summed E-state index contributed by atoms with van der Waals surface area (Å²) < 4.78 is 0. The van der Waals surface area contributed by atoms with Gasteiger partial charge in [-0.3, -0.25) is 0 Å². The highest BCUT2D eigenvalue weighted by molar-refractivity contribution is 4.53. The summed E-state index contributed by atoms with van der Waals surface area (Å²) in [6.07, 6.45) is 48.9. The molecule has 0 aliphatic heterocycles. The third-order valence-corrected chi connectivity index (χ3v) is 8.64. The van der Waals surface area contributed by atoms with Crippen LogP contribution in [0.4, 0.5) is 0 Å². The minimum Gasteiger partial charge on any atom is -0.0654 e. The molecule has 37 heavy (non-hydrogen) atoms. The van der Waals surface area contributed by atoms with Crippen LogP contribution in [-0.2, 0) is 0 Å². The summed E-state index contributed by atoms with van der Waals surface area (Å²) in [5.74, 6) is 0.897. The van der Waals surface area contributed by atoms with Gasteiger partial charge in [-0.25, -0.2) is 0 Å². The minimum atomic E-state index is 0.897. The smallest absolute Gasteiger partial charge is 0.0471 e. The van der Waals surface area contributed by atoms with E-state index in [1.54, 1.807) is 0 Å². The molecular formula is C37H76. The van der Waals surface area contributed by atoms with E-state index in [1.807, 2.05) is 0 Å². The molecule has 0 saturated heterocycles. The third-order valence-electron chi connectivity index (χ3n) is 8.64. The third kappa shape index (κ3) is 36.0. The second-order valence-electron chi connectivity index (χ2n) is 13.1. The first-order valence-corrected chi connectivity index (χ1v) is 18.3. The zero-order valence-corrected chi connectivity index (χ0v) is 26.9. The average Bonchev–Trinajstić information content (AvgIpc) is 2.89. The van der Waals surface area contributed by atoms with Crippen molar-refractivity contribution in [1.29, 1.82) is 0 Å². The number of hydrogen-bond donors (Lipinski definition) is 0. The van der Waals surface area contributed by atoms with E-state index in [0.717, 1.165) is 5.92 Å². The van der Waals surface area contributed by atoms with Gasteiger partial charge in [0, 0.05) is 0 Å². The van der Waals surface area contributed by atoms with Gasteiger partial charge in [0.1, 0.15) is 0 Å². The molecule has 0 aromatic heterocycles. The molecule has 0 aromatic carbocycles. The minimum absolute atomic E-state index is 0.897. The van der Waals surface area contributed by atoms with Crippen LogP contribution in [0.3, 0.4) is 0 Å². The van der Waals surface area contributed by atoms with E-state index in [4.69, 9.17) is 0 Å². The lowest BCUT2D eigenvalue weighted by molar-refractivity contribution is 0.500. The Bertz CT molecular complexity index is 370. The molecule has 0 amide bonds. The van der Waals surface area contributed by atoms with Crippen molar-refractivity contribution >= 4 is 0 Å². The number of unbranched alkanes of at least 4 members (excludes halogenated alkanes) is 31. The molecule has 0 rings (SSSR count). The molecule has 0 spiro atoms. The van der Waals surface area contributed by atoms with Crippen LogP contribution in [0.2, 0.25) is 0 Å². The van der Waals surface area contributed by atoms with Crippen molar-refractivity contribution in [3.8, 4) is 0 Å². The zero-order chi connectivity index (χ0) is 26.9. The molecule has 0 heterocycles. The Kier molecular flexibility index (Phi) is 34.0. The van der Waals surface area contributed by atoms with E-state index in [2.05, 4.69) is 20.8 Å². The van der Waals surface area contributed by atoms with E-state index in [-0.39, 0.29) is 0 Å². The molecular weight excluding hydrogens is 444 g/mol. The van der Waals surface area contributed by atoms with Gasteiger partial charge in [0.15, 0.2) is 0 Å². The van der Waals surface area contributed by atoms with E-state index in [1.165, 1.54) is 212 Å². The van der Waals surface area contributed by atoms with Crippen molar-refractivity contribution in [3.05, 3.63) is 0 Å². The molecule has 0 aromatic rings. The summed E-state index contributed by atoms with van der Waals surface area (Å²) in [4.78, 5) is 0. The first-order valence-electron chi connectivity index (χ1n) is 18.3. The van der Waals surface area contributed by atoms with Crippen molar-refractivity contribution < 1.29 is 0 Å². The lowest BCUT2D eigenvalue weighted by atomic mass is 10.0. The van der Waals surface area contributed by atoms with E-state index in [9.17, 15) is 0 Å². The molecule has 0 saturated carbocycles. The molecule has 0 atom stereocenters. The van der Waals surface area contributed by atoms with Gasteiger partial charge in [0.25, 0.3) is 0 Å². The fourth-order valence-corrected chi connectivity index (χ4v) is 5.93. The van der Waals surface area contributed by atoms with Crippen LogP contribution < -0.4 is 0 Å². The Hall–Kier alpha value is 0. The largest absolute Gasteiger partial charge is 0.0654 e. The lowest BCUT2D eigenvalue weighted by Crippen LogP contribution is -1.87. The molecule has 0 bridgehead atoms. The standard InChI is InChI=1S/C37H76/c1-4-5-6-7-8-9-10-11-12-13-14-15-16-17-18-19-20-21-22-23-24-25-26-27-28-29-30-31-32-33-34-35-36-37(2)3/h37H,4-36H2,1-3H3. The SMILES string of the molecule is CCCCCCCCCCCCCCCCCCCCCCCCCCCCCCCCCCC(C)C. The maximum atomic E-state index is 2.35.